The first-order chi connectivity index (χ1) is 13.6. The van der Waals surface area contributed by atoms with Crippen LogP contribution in [0, 0.1) is 17.2 Å². The first kappa shape index (κ1) is 19.9. The highest BCUT2D eigenvalue weighted by molar-refractivity contribution is 7.14. The third-order valence-electron chi connectivity index (χ3n) is 5.00. The number of nitriles is 1. The summed E-state index contributed by atoms with van der Waals surface area (Å²) in [7, 11) is 1.60. The molecule has 1 saturated heterocycles. The van der Waals surface area contributed by atoms with Crippen LogP contribution in [0.15, 0.2) is 35.7 Å². The molecule has 3 rings (SSSR count). The first-order valence-corrected chi connectivity index (χ1v) is 10.2. The van der Waals surface area contributed by atoms with Crippen molar-refractivity contribution in [3.8, 4) is 11.8 Å². The Morgan fingerprint density at radius 1 is 1.36 bits per heavy atom. The summed E-state index contributed by atoms with van der Waals surface area (Å²) in [4.78, 5) is 27.5. The molecule has 1 aliphatic heterocycles. The Labute approximate surface area is 168 Å². The number of unbranched alkanes of at least 4 members (excludes halogenated alkanes) is 1. The van der Waals surface area contributed by atoms with Crippen molar-refractivity contribution < 1.29 is 14.3 Å². The van der Waals surface area contributed by atoms with Gasteiger partial charge in [-0.05, 0) is 35.6 Å². The predicted octanol–water partition coefficient (Wildman–Crippen LogP) is 3.96. The zero-order valence-corrected chi connectivity index (χ0v) is 16.8. The van der Waals surface area contributed by atoms with Crippen molar-refractivity contribution in [1.29, 1.82) is 5.26 Å². The van der Waals surface area contributed by atoms with Gasteiger partial charge < -0.3 is 15.0 Å². The number of rotatable bonds is 7. The molecule has 1 aromatic carbocycles. The van der Waals surface area contributed by atoms with Gasteiger partial charge in [0.1, 0.15) is 16.8 Å². The summed E-state index contributed by atoms with van der Waals surface area (Å²) in [5, 5.41) is 14.3. The molecular formula is C21H23N3O3S. The number of anilines is 1. The largest absolute Gasteiger partial charge is 0.497 e. The zero-order chi connectivity index (χ0) is 20.1. The van der Waals surface area contributed by atoms with E-state index in [1.54, 1.807) is 18.6 Å². The van der Waals surface area contributed by atoms with Gasteiger partial charge in [0.25, 0.3) is 0 Å². The quantitative estimate of drug-likeness (QED) is 0.767. The summed E-state index contributed by atoms with van der Waals surface area (Å²) >= 11 is 1.31. The second-order valence-electron chi connectivity index (χ2n) is 6.73. The molecule has 1 N–H and O–H groups in total. The van der Waals surface area contributed by atoms with Gasteiger partial charge in [-0.3, -0.25) is 9.59 Å². The lowest BCUT2D eigenvalue weighted by Gasteiger charge is -2.28. The number of methoxy groups -OCH3 is 1. The molecule has 0 aliphatic carbocycles. The lowest BCUT2D eigenvalue weighted by atomic mass is 9.92. The van der Waals surface area contributed by atoms with Gasteiger partial charge in [-0.2, -0.15) is 5.26 Å². The van der Waals surface area contributed by atoms with Gasteiger partial charge in [0, 0.05) is 13.0 Å². The van der Waals surface area contributed by atoms with E-state index in [1.807, 2.05) is 29.2 Å². The van der Waals surface area contributed by atoms with Gasteiger partial charge >= 0.3 is 0 Å². The van der Waals surface area contributed by atoms with Crippen molar-refractivity contribution in [3.05, 3.63) is 46.8 Å². The molecule has 7 heteroatoms. The van der Waals surface area contributed by atoms with Crippen LogP contribution in [0.3, 0.4) is 0 Å². The van der Waals surface area contributed by atoms with Gasteiger partial charge in [0.15, 0.2) is 0 Å². The molecule has 0 spiro atoms. The summed E-state index contributed by atoms with van der Waals surface area (Å²) in [6, 6.07) is 10.9. The number of nitrogens with zero attached hydrogens (tertiary/aromatic N) is 2. The van der Waals surface area contributed by atoms with E-state index in [-0.39, 0.29) is 24.3 Å². The number of thiophene rings is 1. The fourth-order valence-corrected chi connectivity index (χ4v) is 4.27. The van der Waals surface area contributed by atoms with Crippen LogP contribution in [0.25, 0.3) is 0 Å². The smallest absolute Gasteiger partial charge is 0.231 e. The Morgan fingerprint density at radius 2 is 2.11 bits per heavy atom. The van der Waals surface area contributed by atoms with Crippen molar-refractivity contribution in [2.45, 2.75) is 32.2 Å². The predicted molar refractivity (Wildman–Crippen MR) is 108 cm³/mol. The van der Waals surface area contributed by atoms with E-state index in [9.17, 15) is 14.9 Å². The maximum Gasteiger partial charge on any atom is 0.231 e. The van der Waals surface area contributed by atoms with Gasteiger partial charge in [-0.1, -0.05) is 25.5 Å². The lowest BCUT2D eigenvalue weighted by molar-refractivity contribution is -0.129. The molecule has 0 saturated carbocycles. The molecule has 2 amide bonds. The molecule has 1 aromatic heterocycles. The molecule has 28 heavy (non-hydrogen) atoms. The summed E-state index contributed by atoms with van der Waals surface area (Å²) in [5.41, 5.74) is 1.35. The minimum absolute atomic E-state index is 0.0129. The number of benzene rings is 1. The van der Waals surface area contributed by atoms with Crippen molar-refractivity contribution in [1.82, 2.24) is 4.90 Å². The molecule has 146 valence electrons. The molecule has 2 aromatic rings. The van der Waals surface area contributed by atoms with E-state index in [0.717, 1.165) is 24.2 Å². The van der Waals surface area contributed by atoms with Crippen molar-refractivity contribution in [2.24, 2.45) is 5.92 Å². The van der Waals surface area contributed by atoms with Gasteiger partial charge in [-0.15, -0.1) is 11.3 Å². The molecule has 2 heterocycles. The van der Waals surface area contributed by atoms with Crippen LogP contribution in [0.5, 0.6) is 5.75 Å². The minimum Gasteiger partial charge on any atom is -0.497 e. The average Bonchev–Trinajstić information content (AvgIpc) is 3.30. The summed E-state index contributed by atoms with van der Waals surface area (Å²) in [6.07, 6.45) is 2.02. The number of hydrogen-bond donors (Lipinski definition) is 1. The number of likely N-dealkylation sites (tertiary alicyclic amines) is 1. The minimum atomic E-state index is -0.508. The molecule has 0 bridgehead atoms. The highest BCUT2D eigenvalue weighted by atomic mass is 32.1. The molecule has 1 fully saturated rings. The summed E-state index contributed by atoms with van der Waals surface area (Å²) in [5.74, 6) is -0.0222. The van der Waals surface area contributed by atoms with Gasteiger partial charge in [0.2, 0.25) is 11.8 Å². The first-order valence-electron chi connectivity index (χ1n) is 9.31. The SMILES string of the molecule is CCCCN1C(=O)C[C@H](C(=O)Nc2sccc2C#N)[C@@H]1c1ccc(OC)cc1. The standard InChI is InChI=1S/C21H23N3O3S/c1-3-4-10-24-18(25)12-17(19(24)14-5-7-16(27-2)8-6-14)20(26)23-21-15(13-22)9-11-28-21/h5-9,11,17,19H,3-4,10,12H2,1-2H3,(H,23,26)/t17-,19-/m0/s1. The van der Waals surface area contributed by atoms with Gasteiger partial charge in [-0.25, -0.2) is 0 Å². The maximum atomic E-state index is 13.0. The summed E-state index contributed by atoms with van der Waals surface area (Å²) in [6.45, 7) is 2.70. The monoisotopic (exact) mass is 397 g/mol. The second kappa shape index (κ2) is 8.89. The van der Waals surface area contributed by atoms with Crippen molar-refractivity contribution in [3.63, 3.8) is 0 Å². The molecule has 0 radical (unpaired) electrons. The molecule has 1 aliphatic rings. The Bertz CT molecular complexity index is 885. The third-order valence-corrected chi connectivity index (χ3v) is 5.83. The van der Waals surface area contributed by atoms with Crippen molar-refractivity contribution >= 4 is 28.2 Å². The number of carbonyl (C=O) groups excluding carboxylic acids is 2. The van der Waals surface area contributed by atoms with Crippen LogP contribution < -0.4 is 10.1 Å². The maximum absolute atomic E-state index is 13.0. The van der Waals surface area contributed by atoms with E-state index in [4.69, 9.17) is 4.74 Å². The topological polar surface area (TPSA) is 82.4 Å². The molecule has 2 atom stereocenters. The lowest BCUT2D eigenvalue weighted by Crippen LogP contribution is -2.33. The fraction of sp³-hybridized carbons (Fsp3) is 0.381. The average molecular weight is 398 g/mol. The second-order valence-corrected chi connectivity index (χ2v) is 7.65. The highest BCUT2D eigenvalue weighted by Crippen LogP contribution is 2.40. The van der Waals surface area contributed by atoms with Crippen LogP contribution in [0.4, 0.5) is 5.00 Å². The van der Waals surface area contributed by atoms with E-state index in [2.05, 4.69) is 18.3 Å². The van der Waals surface area contributed by atoms with E-state index in [1.165, 1.54) is 11.3 Å². The third kappa shape index (κ3) is 4.02. The number of hydrogen-bond acceptors (Lipinski definition) is 5. The number of amides is 2. The van der Waals surface area contributed by atoms with Crippen LogP contribution in [-0.2, 0) is 9.59 Å². The zero-order valence-electron chi connectivity index (χ0n) is 16.0. The fourth-order valence-electron chi connectivity index (χ4n) is 3.53. The Hall–Kier alpha value is -2.85. The Morgan fingerprint density at radius 3 is 2.75 bits per heavy atom. The molecule has 6 nitrogen and oxygen atoms in total. The van der Waals surface area contributed by atoms with Crippen LogP contribution in [0.1, 0.15) is 43.4 Å². The summed E-state index contributed by atoms with van der Waals surface area (Å²) < 4.78 is 5.23. The van der Waals surface area contributed by atoms with E-state index < -0.39 is 5.92 Å². The Kier molecular flexibility index (Phi) is 6.32. The molecular weight excluding hydrogens is 374 g/mol. The van der Waals surface area contributed by atoms with Crippen molar-refractivity contribution in [2.75, 3.05) is 19.0 Å². The Balaban J connectivity index is 1.89. The van der Waals surface area contributed by atoms with Crippen LogP contribution in [0.2, 0.25) is 0 Å². The normalized spacial score (nSPS) is 18.8. The molecule has 0 unspecified atom stereocenters. The van der Waals surface area contributed by atoms with Crippen LogP contribution in [-0.4, -0.2) is 30.4 Å². The highest BCUT2D eigenvalue weighted by Gasteiger charge is 2.44. The van der Waals surface area contributed by atoms with E-state index in [0.29, 0.717) is 17.1 Å². The number of carbonyl (C=O) groups is 2. The number of nitrogens with one attached hydrogen (secondary N) is 1. The van der Waals surface area contributed by atoms with Gasteiger partial charge in [0.05, 0.1) is 24.6 Å². The van der Waals surface area contributed by atoms with Crippen LogP contribution >= 0.6 is 11.3 Å². The number of ether oxygens (including phenoxy) is 1. The van der Waals surface area contributed by atoms with E-state index >= 15 is 0 Å².